The van der Waals surface area contributed by atoms with E-state index in [1.807, 2.05) is 62.4 Å². The molecular weight excluding hydrogens is 330 g/mol. The summed E-state index contributed by atoms with van der Waals surface area (Å²) in [5, 5.41) is 14.8. The minimum atomic E-state index is -1.37. The number of carbonyl (C=O) groups is 1. The smallest absolute Gasteiger partial charge is 0.220 e. The largest absolute Gasteiger partial charge is 0.494 e. The van der Waals surface area contributed by atoms with Crippen LogP contribution in [-0.2, 0) is 10.4 Å². The van der Waals surface area contributed by atoms with E-state index in [2.05, 4.69) is 5.32 Å². The third-order valence-corrected chi connectivity index (χ3v) is 4.67. The van der Waals surface area contributed by atoms with E-state index in [0.717, 1.165) is 0 Å². The lowest BCUT2D eigenvalue weighted by Gasteiger charge is -2.35. The van der Waals surface area contributed by atoms with Gasteiger partial charge in [-0.25, -0.2) is 0 Å². The van der Waals surface area contributed by atoms with Gasteiger partial charge in [-0.05, 0) is 55.7 Å². The highest BCUT2D eigenvalue weighted by Gasteiger charge is 2.44. The summed E-state index contributed by atoms with van der Waals surface area (Å²) in [6.07, 6.45) is 0.969. The second-order valence-corrected chi connectivity index (χ2v) is 6.35. The standard InChI is InChI=1S/C21H25NO4/c1-3-25-17-9-5-7-15(13-17)21(24,19-11-12-20(23)22-19)16-8-6-10-18(14-16)26-4-2/h5-10,13-14,19,24H,3-4,11-12H2,1-2H3,(H,22,23)/t19-/m0/s1. The Bertz CT molecular complexity index is 725. The van der Waals surface area contributed by atoms with Crippen LogP contribution < -0.4 is 14.8 Å². The minimum absolute atomic E-state index is 0.0460. The lowest BCUT2D eigenvalue weighted by Crippen LogP contribution is -2.47. The number of amides is 1. The molecule has 0 aromatic heterocycles. The van der Waals surface area contributed by atoms with Gasteiger partial charge in [-0.3, -0.25) is 4.79 Å². The maximum atomic E-state index is 11.8. The van der Waals surface area contributed by atoms with Crippen molar-refractivity contribution in [3.05, 3.63) is 59.7 Å². The van der Waals surface area contributed by atoms with Crippen molar-refractivity contribution in [1.29, 1.82) is 0 Å². The maximum Gasteiger partial charge on any atom is 0.220 e. The molecule has 5 heteroatoms. The zero-order valence-electron chi connectivity index (χ0n) is 15.2. The van der Waals surface area contributed by atoms with Crippen LogP contribution in [0.5, 0.6) is 11.5 Å². The number of nitrogens with one attached hydrogen (secondary N) is 1. The Kier molecular flexibility index (Phi) is 5.47. The van der Waals surface area contributed by atoms with Gasteiger partial charge in [0, 0.05) is 6.42 Å². The van der Waals surface area contributed by atoms with Gasteiger partial charge in [0.15, 0.2) is 0 Å². The Hall–Kier alpha value is -2.53. The molecule has 2 aromatic rings. The van der Waals surface area contributed by atoms with E-state index < -0.39 is 11.6 Å². The van der Waals surface area contributed by atoms with E-state index in [1.165, 1.54) is 0 Å². The molecule has 1 atom stereocenters. The molecule has 2 aromatic carbocycles. The number of benzene rings is 2. The Morgan fingerprint density at radius 1 is 1.04 bits per heavy atom. The minimum Gasteiger partial charge on any atom is -0.494 e. The normalized spacial score (nSPS) is 17.0. The van der Waals surface area contributed by atoms with Crippen molar-refractivity contribution in [2.75, 3.05) is 13.2 Å². The quantitative estimate of drug-likeness (QED) is 0.801. The van der Waals surface area contributed by atoms with Crippen LogP contribution in [0.25, 0.3) is 0 Å². The fourth-order valence-electron chi connectivity index (χ4n) is 3.48. The van der Waals surface area contributed by atoms with Crippen molar-refractivity contribution in [1.82, 2.24) is 5.32 Å². The van der Waals surface area contributed by atoms with Crippen LogP contribution in [0, 0.1) is 0 Å². The van der Waals surface area contributed by atoms with Crippen molar-refractivity contribution in [3.8, 4) is 11.5 Å². The molecule has 26 heavy (non-hydrogen) atoms. The molecule has 1 heterocycles. The Balaban J connectivity index is 2.09. The van der Waals surface area contributed by atoms with Gasteiger partial charge in [-0.15, -0.1) is 0 Å². The van der Waals surface area contributed by atoms with Crippen LogP contribution in [-0.4, -0.2) is 30.3 Å². The van der Waals surface area contributed by atoms with Gasteiger partial charge in [-0.2, -0.15) is 0 Å². The maximum absolute atomic E-state index is 11.8. The van der Waals surface area contributed by atoms with Crippen molar-refractivity contribution >= 4 is 5.91 Å². The highest BCUT2D eigenvalue weighted by atomic mass is 16.5. The highest BCUT2D eigenvalue weighted by molar-refractivity contribution is 5.79. The number of aliphatic hydroxyl groups is 1. The van der Waals surface area contributed by atoms with E-state index in [-0.39, 0.29) is 5.91 Å². The molecule has 3 rings (SSSR count). The van der Waals surface area contributed by atoms with Crippen molar-refractivity contribution in [2.45, 2.75) is 38.3 Å². The molecule has 1 amide bonds. The van der Waals surface area contributed by atoms with Crippen LogP contribution in [0.3, 0.4) is 0 Å². The molecule has 0 saturated carbocycles. The number of hydrogen-bond donors (Lipinski definition) is 2. The molecule has 1 aliphatic heterocycles. The van der Waals surface area contributed by atoms with Gasteiger partial charge >= 0.3 is 0 Å². The SMILES string of the molecule is CCOc1cccc(C(O)(c2cccc(OCC)c2)[C@@H]2CCC(=O)N2)c1. The molecule has 1 saturated heterocycles. The van der Waals surface area contributed by atoms with Gasteiger partial charge in [0.25, 0.3) is 0 Å². The van der Waals surface area contributed by atoms with E-state index >= 15 is 0 Å². The fraction of sp³-hybridized carbons (Fsp3) is 0.381. The number of hydrogen-bond acceptors (Lipinski definition) is 4. The number of ether oxygens (including phenoxy) is 2. The van der Waals surface area contributed by atoms with Gasteiger partial charge in [-0.1, -0.05) is 24.3 Å². The molecular formula is C21H25NO4. The first kappa shape index (κ1) is 18.3. The third kappa shape index (κ3) is 3.53. The van der Waals surface area contributed by atoms with Crippen molar-refractivity contribution in [3.63, 3.8) is 0 Å². The van der Waals surface area contributed by atoms with E-state index in [1.54, 1.807) is 0 Å². The Labute approximate surface area is 153 Å². The van der Waals surface area contributed by atoms with Crippen LogP contribution in [0.1, 0.15) is 37.8 Å². The first-order valence-corrected chi connectivity index (χ1v) is 9.06. The van der Waals surface area contributed by atoms with Crippen LogP contribution in [0.15, 0.2) is 48.5 Å². The second kappa shape index (κ2) is 7.79. The fourth-order valence-corrected chi connectivity index (χ4v) is 3.48. The van der Waals surface area contributed by atoms with Crippen molar-refractivity contribution < 1.29 is 19.4 Å². The topological polar surface area (TPSA) is 67.8 Å². The summed E-state index contributed by atoms with van der Waals surface area (Å²) in [7, 11) is 0. The van der Waals surface area contributed by atoms with Gasteiger partial charge in [0.2, 0.25) is 5.91 Å². The summed E-state index contributed by atoms with van der Waals surface area (Å²) in [6.45, 7) is 4.92. The molecule has 1 aliphatic rings. The van der Waals surface area contributed by atoms with Gasteiger partial charge in [0.05, 0.1) is 19.3 Å². The molecule has 0 aliphatic carbocycles. The zero-order chi connectivity index (χ0) is 18.6. The molecule has 1 fully saturated rings. The zero-order valence-corrected chi connectivity index (χ0v) is 15.2. The molecule has 0 bridgehead atoms. The van der Waals surface area contributed by atoms with Gasteiger partial charge < -0.3 is 19.9 Å². The van der Waals surface area contributed by atoms with E-state index in [9.17, 15) is 9.90 Å². The summed E-state index contributed by atoms with van der Waals surface area (Å²) in [5.41, 5.74) is 0.000403. The molecule has 0 unspecified atom stereocenters. The molecule has 2 N–H and O–H groups in total. The van der Waals surface area contributed by atoms with Crippen LogP contribution in [0.2, 0.25) is 0 Å². The molecule has 0 radical (unpaired) electrons. The lowest BCUT2D eigenvalue weighted by atomic mass is 9.79. The van der Waals surface area contributed by atoms with Gasteiger partial charge in [0.1, 0.15) is 17.1 Å². The van der Waals surface area contributed by atoms with E-state index in [4.69, 9.17) is 9.47 Å². The first-order valence-electron chi connectivity index (χ1n) is 9.06. The molecule has 5 nitrogen and oxygen atoms in total. The summed E-state index contributed by atoms with van der Waals surface area (Å²) in [6, 6.07) is 14.4. The van der Waals surface area contributed by atoms with Crippen LogP contribution in [0.4, 0.5) is 0 Å². The lowest BCUT2D eigenvalue weighted by molar-refractivity contribution is -0.120. The molecule has 138 valence electrons. The third-order valence-electron chi connectivity index (χ3n) is 4.67. The monoisotopic (exact) mass is 355 g/mol. The number of rotatable bonds is 7. The Morgan fingerprint density at radius 3 is 2.00 bits per heavy atom. The van der Waals surface area contributed by atoms with Crippen molar-refractivity contribution in [2.24, 2.45) is 0 Å². The molecule has 0 spiro atoms. The average Bonchev–Trinajstić information content (AvgIpc) is 3.09. The summed E-state index contributed by atoms with van der Waals surface area (Å²) in [4.78, 5) is 11.8. The highest BCUT2D eigenvalue weighted by Crippen LogP contribution is 2.39. The summed E-state index contributed by atoms with van der Waals surface area (Å²) in [5.74, 6) is 1.33. The average molecular weight is 355 g/mol. The first-order chi connectivity index (χ1) is 12.6. The predicted molar refractivity (Wildman–Crippen MR) is 99.4 cm³/mol. The van der Waals surface area contributed by atoms with E-state index in [0.29, 0.717) is 48.7 Å². The Morgan fingerprint density at radius 2 is 1.58 bits per heavy atom. The predicted octanol–water partition coefficient (Wildman–Crippen LogP) is 3.00. The number of carbonyl (C=O) groups excluding carboxylic acids is 1. The summed E-state index contributed by atoms with van der Waals surface area (Å²) < 4.78 is 11.2. The summed E-state index contributed by atoms with van der Waals surface area (Å²) >= 11 is 0. The second-order valence-electron chi connectivity index (χ2n) is 6.35. The van der Waals surface area contributed by atoms with Crippen LogP contribution >= 0.6 is 0 Å².